The molecule has 6 heteroatoms. The first kappa shape index (κ1) is 7.85. The SMILES string of the molecule is [NH3+]C1N[C@@H]2CS(=O)(=O)C[C@@H]2S1. The number of hydrogen-bond donors (Lipinski definition) is 2. The van der Waals surface area contributed by atoms with Crippen LogP contribution in [0.3, 0.4) is 0 Å². The van der Waals surface area contributed by atoms with Gasteiger partial charge in [0.2, 0.25) is 0 Å². The second-order valence-corrected chi connectivity index (χ2v) is 6.61. The highest BCUT2D eigenvalue weighted by Gasteiger charge is 2.45. The van der Waals surface area contributed by atoms with E-state index < -0.39 is 9.84 Å². The number of fused-ring (bicyclic) bond motifs is 1. The van der Waals surface area contributed by atoms with E-state index in [2.05, 4.69) is 11.1 Å². The summed E-state index contributed by atoms with van der Waals surface area (Å²) in [5, 5.41) is 3.40. The van der Waals surface area contributed by atoms with Crippen LogP contribution in [0.25, 0.3) is 0 Å². The molecule has 0 bridgehead atoms. The highest BCUT2D eigenvalue weighted by atomic mass is 32.2. The predicted octanol–water partition coefficient (Wildman–Crippen LogP) is -1.99. The number of rotatable bonds is 0. The molecule has 2 saturated heterocycles. The lowest BCUT2D eigenvalue weighted by atomic mass is 10.3. The third-order valence-electron chi connectivity index (χ3n) is 2.04. The van der Waals surface area contributed by atoms with Crippen molar-refractivity contribution in [1.82, 2.24) is 5.32 Å². The molecule has 3 atom stereocenters. The standard InChI is InChI=1S/C5H10N2O2S2/c6-5-7-3-1-11(8,9)2-4(3)10-5/h3-5,7H,1-2,6H2/p+1/t3-,4+,5?/m1/s1. The molecule has 4 nitrogen and oxygen atoms in total. The number of hydrogen-bond acceptors (Lipinski definition) is 4. The highest BCUT2D eigenvalue weighted by Crippen LogP contribution is 2.30. The van der Waals surface area contributed by atoms with E-state index in [1.807, 2.05) is 0 Å². The summed E-state index contributed by atoms with van der Waals surface area (Å²) in [5.41, 5.74) is 4.01. The Bertz CT molecular complexity index is 244. The van der Waals surface area contributed by atoms with Crippen molar-refractivity contribution in [2.24, 2.45) is 0 Å². The zero-order valence-corrected chi connectivity index (χ0v) is 7.62. The predicted molar refractivity (Wildman–Crippen MR) is 43.6 cm³/mol. The molecule has 2 rings (SSSR count). The van der Waals surface area contributed by atoms with Gasteiger partial charge in [-0.1, -0.05) is 11.8 Å². The van der Waals surface area contributed by atoms with E-state index in [4.69, 9.17) is 0 Å². The van der Waals surface area contributed by atoms with Gasteiger partial charge in [-0.05, 0) is 0 Å². The summed E-state index contributed by atoms with van der Waals surface area (Å²) in [7, 11) is -2.74. The largest absolute Gasteiger partial charge is 0.334 e. The summed E-state index contributed by atoms with van der Waals surface area (Å²) in [6.07, 6.45) is 0. The van der Waals surface area contributed by atoms with Gasteiger partial charge in [-0.15, -0.1) is 0 Å². The molecular weight excluding hydrogens is 184 g/mol. The molecule has 2 aliphatic heterocycles. The van der Waals surface area contributed by atoms with Crippen molar-refractivity contribution in [3.8, 4) is 0 Å². The molecule has 0 aromatic rings. The van der Waals surface area contributed by atoms with Crippen molar-refractivity contribution in [3.63, 3.8) is 0 Å². The summed E-state index contributed by atoms with van der Waals surface area (Å²) in [4.78, 5) is 0. The van der Waals surface area contributed by atoms with Crippen LogP contribution in [0.2, 0.25) is 0 Å². The van der Waals surface area contributed by atoms with Gasteiger partial charge in [0, 0.05) is 11.3 Å². The van der Waals surface area contributed by atoms with Gasteiger partial charge >= 0.3 is 0 Å². The molecule has 0 radical (unpaired) electrons. The van der Waals surface area contributed by atoms with Crippen LogP contribution in [-0.4, -0.2) is 36.7 Å². The fourth-order valence-electron chi connectivity index (χ4n) is 1.59. The van der Waals surface area contributed by atoms with Gasteiger partial charge in [0.25, 0.3) is 0 Å². The second kappa shape index (κ2) is 2.35. The normalized spacial score (nSPS) is 47.5. The number of quaternary nitrogens is 1. The highest BCUT2D eigenvalue weighted by molar-refractivity contribution is 8.02. The molecule has 2 aliphatic rings. The van der Waals surface area contributed by atoms with E-state index >= 15 is 0 Å². The van der Waals surface area contributed by atoms with Gasteiger partial charge in [0.1, 0.15) is 0 Å². The van der Waals surface area contributed by atoms with Crippen molar-refractivity contribution in [2.45, 2.75) is 16.8 Å². The van der Waals surface area contributed by atoms with E-state index in [0.717, 1.165) is 0 Å². The van der Waals surface area contributed by atoms with Gasteiger partial charge in [0.05, 0.1) is 11.5 Å². The van der Waals surface area contributed by atoms with Crippen molar-refractivity contribution < 1.29 is 14.2 Å². The molecule has 0 amide bonds. The smallest absolute Gasteiger partial charge is 0.187 e. The fourth-order valence-corrected chi connectivity index (χ4v) is 5.44. The maximum atomic E-state index is 11.1. The maximum absolute atomic E-state index is 11.1. The number of thioether (sulfide) groups is 1. The Hall–Kier alpha value is 0.220. The Kier molecular flexibility index (Phi) is 1.68. The molecule has 2 heterocycles. The maximum Gasteiger partial charge on any atom is 0.187 e. The summed E-state index contributed by atoms with van der Waals surface area (Å²) < 4.78 is 22.2. The Morgan fingerprint density at radius 3 is 2.82 bits per heavy atom. The van der Waals surface area contributed by atoms with Gasteiger partial charge < -0.3 is 5.73 Å². The second-order valence-electron chi connectivity index (χ2n) is 3.01. The molecule has 0 saturated carbocycles. The van der Waals surface area contributed by atoms with Crippen LogP contribution in [0.1, 0.15) is 0 Å². The van der Waals surface area contributed by atoms with Crippen LogP contribution >= 0.6 is 11.8 Å². The molecule has 0 aromatic carbocycles. The molecular formula is C5H11N2O2S2+. The lowest BCUT2D eigenvalue weighted by molar-refractivity contribution is -0.393. The van der Waals surface area contributed by atoms with Gasteiger partial charge in [-0.25, -0.2) is 8.42 Å². The Balaban J connectivity index is 2.16. The van der Waals surface area contributed by atoms with Crippen molar-refractivity contribution in [1.29, 1.82) is 0 Å². The Labute approximate surface area is 69.8 Å². The van der Waals surface area contributed by atoms with Crippen molar-refractivity contribution in [2.75, 3.05) is 11.5 Å². The van der Waals surface area contributed by atoms with E-state index in [-0.39, 0.29) is 16.8 Å². The first-order valence-corrected chi connectivity index (χ1v) is 6.28. The molecule has 11 heavy (non-hydrogen) atoms. The van der Waals surface area contributed by atoms with Gasteiger partial charge in [0.15, 0.2) is 15.3 Å². The zero-order chi connectivity index (χ0) is 8.06. The topological polar surface area (TPSA) is 73.8 Å². The summed E-state index contributed by atoms with van der Waals surface area (Å²) in [6, 6.07) is 0.160. The monoisotopic (exact) mass is 195 g/mol. The van der Waals surface area contributed by atoms with Crippen LogP contribution in [0.4, 0.5) is 0 Å². The quantitative estimate of drug-likeness (QED) is 0.469. The first-order valence-electron chi connectivity index (χ1n) is 3.52. The summed E-state index contributed by atoms with van der Waals surface area (Å²) in [6.45, 7) is 0. The van der Waals surface area contributed by atoms with Crippen molar-refractivity contribution in [3.05, 3.63) is 0 Å². The van der Waals surface area contributed by atoms with Crippen LogP contribution < -0.4 is 11.1 Å². The average molecular weight is 195 g/mol. The zero-order valence-electron chi connectivity index (χ0n) is 5.99. The fraction of sp³-hybridized carbons (Fsp3) is 1.00. The molecule has 1 unspecified atom stereocenters. The van der Waals surface area contributed by atoms with Crippen molar-refractivity contribution >= 4 is 21.6 Å². The van der Waals surface area contributed by atoms with Crippen LogP contribution in [-0.2, 0) is 9.84 Å². The summed E-state index contributed by atoms with van der Waals surface area (Å²) >= 11 is 1.64. The van der Waals surface area contributed by atoms with E-state index in [1.54, 1.807) is 11.8 Å². The number of sulfone groups is 1. The molecule has 0 spiro atoms. The van der Waals surface area contributed by atoms with E-state index in [9.17, 15) is 8.42 Å². The lowest BCUT2D eigenvalue weighted by Gasteiger charge is -2.01. The Morgan fingerprint density at radius 2 is 2.18 bits per heavy atom. The minimum absolute atomic E-state index is 0.160. The van der Waals surface area contributed by atoms with Crippen LogP contribution in [0.15, 0.2) is 0 Å². The van der Waals surface area contributed by atoms with E-state index in [0.29, 0.717) is 11.5 Å². The molecule has 2 fully saturated rings. The average Bonchev–Trinajstić information content (AvgIpc) is 2.17. The molecule has 64 valence electrons. The Morgan fingerprint density at radius 1 is 1.45 bits per heavy atom. The van der Waals surface area contributed by atoms with Crippen LogP contribution in [0.5, 0.6) is 0 Å². The molecule has 0 aromatic heterocycles. The molecule has 0 aliphatic carbocycles. The first-order chi connectivity index (χ1) is 5.07. The van der Waals surface area contributed by atoms with Gasteiger partial charge in [-0.2, -0.15) is 0 Å². The minimum atomic E-state index is -2.74. The van der Waals surface area contributed by atoms with Gasteiger partial charge in [-0.3, -0.25) is 5.32 Å². The van der Waals surface area contributed by atoms with Crippen LogP contribution in [0, 0.1) is 0 Å². The lowest BCUT2D eigenvalue weighted by Crippen LogP contribution is -2.65. The number of nitrogens with one attached hydrogen (secondary N) is 1. The minimum Gasteiger partial charge on any atom is -0.334 e. The third-order valence-corrected chi connectivity index (χ3v) is 5.29. The molecule has 4 N–H and O–H groups in total. The van der Waals surface area contributed by atoms with E-state index in [1.165, 1.54) is 0 Å². The third kappa shape index (κ3) is 1.40. The summed E-state index contributed by atoms with van der Waals surface area (Å²) in [5.74, 6) is 0.637.